The highest BCUT2D eigenvalue weighted by Gasteiger charge is 2.29. The molecule has 10 heteroatoms. The van der Waals surface area contributed by atoms with Crippen LogP contribution in [0.2, 0.25) is 0 Å². The number of nitrogens with zero attached hydrogens (tertiary/aromatic N) is 1. The highest BCUT2D eigenvalue weighted by Crippen LogP contribution is 2.38. The van der Waals surface area contributed by atoms with Gasteiger partial charge in [0.1, 0.15) is 10.6 Å². The molecule has 0 fully saturated rings. The molecule has 3 N–H and O–H groups in total. The van der Waals surface area contributed by atoms with Crippen molar-refractivity contribution in [3.63, 3.8) is 0 Å². The van der Waals surface area contributed by atoms with Gasteiger partial charge in [-0.3, -0.25) is 4.79 Å². The number of rotatable bonds is 5. The van der Waals surface area contributed by atoms with E-state index >= 15 is 0 Å². The molecule has 5 nitrogen and oxygen atoms in total. The minimum absolute atomic E-state index is 0.0480. The fraction of sp³-hybridized carbons (Fsp3) is 0.158. The number of alkyl halides is 3. The largest absolute Gasteiger partial charge is 0.508 e. The molecule has 2 aromatic carbocycles. The van der Waals surface area contributed by atoms with Crippen molar-refractivity contribution >= 4 is 45.5 Å². The third kappa shape index (κ3) is 5.42. The van der Waals surface area contributed by atoms with Crippen molar-refractivity contribution in [1.29, 1.82) is 0 Å². The van der Waals surface area contributed by atoms with Gasteiger partial charge in [0.2, 0.25) is 0 Å². The van der Waals surface area contributed by atoms with Crippen LogP contribution in [0.1, 0.15) is 20.8 Å². The molecule has 0 unspecified atom stereocenters. The first kappa shape index (κ1) is 21.0. The SMILES string of the molecule is Cc1ccc(O)c(C)c1NC(=O)c1cnc(Nc2cccc(SC(F)(F)F)c2)s1. The summed E-state index contributed by atoms with van der Waals surface area (Å²) in [7, 11) is 0. The molecule has 1 heterocycles. The molecule has 0 aliphatic rings. The van der Waals surface area contributed by atoms with E-state index in [9.17, 15) is 23.1 Å². The monoisotopic (exact) mass is 439 g/mol. The Kier molecular flexibility index (Phi) is 6.04. The molecule has 1 amide bonds. The number of nitrogens with one attached hydrogen (secondary N) is 2. The summed E-state index contributed by atoms with van der Waals surface area (Å²) in [5.41, 5.74) is -2.06. The molecule has 3 aromatic rings. The van der Waals surface area contributed by atoms with E-state index in [-0.39, 0.29) is 22.4 Å². The van der Waals surface area contributed by atoms with Crippen LogP contribution in [0.3, 0.4) is 0 Å². The van der Waals surface area contributed by atoms with E-state index in [1.165, 1.54) is 24.4 Å². The van der Waals surface area contributed by atoms with E-state index in [2.05, 4.69) is 15.6 Å². The smallest absolute Gasteiger partial charge is 0.446 e. The zero-order valence-electron chi connectivity index (χ0n) is 15.3. The summed E-state index contributed by atoms with van der Waals surface area (Å²) >= 11 is 0.863. The van der Waals surface area contributed by atoms with E-state index in [0.29, 0.717) is 26.9 Å². The van der Waals surface area contributed by atoms with Gasteiger partial charge in [0.05, 0.1) is 11.9 Å². The van der Waals surface area contributed by atoms with Gasteiger partial charge < -0.3 is 15.7 Å². The van der Waals surface area contributed by atoms with Crippen molar-refractivity contribution in [2.45, 2.75) is 24.3 Å². The third-order valence-electron chi connectivity index (χ3n) is 3.93. The molecule has 0 atom stereocenters. The van der Waals surface area contributed by atoms with Gasteiger partial charge in [-0.1, -0.05) is 23.5 Å². The van der Waals surface area contributed by atoms with Crippen LogP contribution in [0, 0.1) is 13.8 Å². The molecule has 0 saturated carbocycles. The molecule has 0 saturated heterocycles. The fourth-order valence-electron chi connectivity index (χ4n) is 2.53. The van der Waals surface area contributed by atoms with Crippen molar-refractivity contribution in [2.75, 3.05) is 10.6 Å². The molecule has 0 bridgehead atoms. The first-order valence-corrected chi connectivity index (χ1v) is 9.95. The van der Waals surface area contributed by atoms with Crippen LogP contribution in [-0.4, -0.2) is 21.5 Å². The zero-order valence-corrected chi connectivity index (χ0v) is 16.9. The van der Waals surface area contributed by atoms with Gasteiger partial charge in [-0.15, -0.1) is 0 Å². The molecule has 0 aliphatic heterocycles. The van der Waals surface area contributed by atoms with Crippen molar-refractivity contribution in [3.05, 3.63) is 58.6 Å². The summed E-state index contributed by atoms with van der Waals surface area (Å²) in [5, 5.41) is 15.9. The lowest BCUT2D eigenvalue weighted by atomic mass is 10.1. The molecule has 0 spiro atoms. The van der Waals surface area contributed by atoms with Crippen molar-refractivity contribution in [2.24, 2.45) is 0 Å². The number of anilines is 3. The lowest BCUT2D eigenvalue weighted by Crippen LogP contribution is -2.12. The minimum Gasteiger partial charge on any atom is -0.508 e. The Hall–Kier alpha value is -2.72. The summed E-state index contributed by atoms with van der Waals surface area (Å²) in [6, 6.07) is 9.10. The van der Waals surface area contributed by atoms with E-state index in [1.54, 1.807) is 25.1 Å². The summed E-state index contributed by atoms with van der Waals surface area (Å²) in [6.45, 7) is 3.51. The van der Waals surface area contributed by atoms with Gasteiger partial charge in [-0.25, -0.2) is 4.98 Å². The number of thioether (sulfide) groups is 1. The van der Waals surface area contributed by atoms with Gasteiger partial charge in [-0.05, 0) is 55.4 Å². The van der Waals surface area contributed by atoms with Gasteiger partial charge in [0.15, 0.2) is 5.13 Å². The second-order valence-electron chi connectivity index (χ2n) is 6.09. The molecule has 0 aliphatic carbocycles. The van der Waals surface area contributed by atoms with Crippen molar-refractivity contribution in [1.82, 2.24) is 4.98 Å². The Labute approximate surface area is 173 Å². The number of carbonyl (C=O) groups is 1. The lowest BCUT2D eigenvalue weighted by Gasteiger charge is -2.12. The molecule has 3 rings (SSSR count). The Morgan fingerprint density at radius 3 is 2.69 bits per heavy atom. The number of hydrogen-bond acceptors (Lipinski definition) is 6. The highest BCUT2D eigenvalue weighted by atomic mass is 32.2. The molecule has 0 radical (unpaired) electrons. The fourth-order valence-corrected chi connectivity index (χ4v) is 3.87. The average Bonchev–Trinajstić information content (AvgIpc) is 3.09. The predicted molar refractivity (Wildman–Crippen MR) is 109 cm³/mol. The van der Waals surface area contributed by atoms with Crippen molar-refractivity contribution in [3.8, 4) is 5.75 Å². The number of phenols is 1. The number of hydrogen-bond donors (Lipinski definition) is 3. The predicted octanol–water partition coefficient (Wildman–Crippen LogP) is 6.07. The van der Waals surface area contributed by atoms with Crippen LogP contribution >= 0.6 is 23.1 Å². The standard InChI is InChI=1S/C19H16F3N3O2S2/c1-10-6-7-14(26)11(2)16(10)25-17(27)15-9-23-18(28-15)24-12-4-3-5-13(8-12)29-19(20,21)22/h3-9,26H,1-2H3,(H,23,24)(H,25,27). The number of halogens is 3. The normalized spacial score (nSPS) is 11.3. The number of phenolic OH excluding ortho intramolecular Hbond substituents is 1. The van der Waals surface area contributed by atoms with E-state index in [1.807, 2.05) is 6.92 Å². The molecule has 29 heavy (non-hydrogen) atoms. The number of carbonyl (C=O) groups excluding carboxylic acids is 1. The summed E-state index contributed by atoms with van der Waals surface area (Å²) < 4.78 is 37.6. The summed E-state index contributed by atoms with van der Waals surface area (Å²) in [6.07, 6.45) is 1.38. The number of benzene rings is 2. The highest BCUT2D eigenvalue weighted by molar-refractivity contribution is 8.00. The zero-order chi connectivity index (χ0) is 21.2. The van der Waals surface area contributed by atoms with Crippen LogP contribution in [-0.2, 0) is 0 Å². The number of aryl methyl sites for hydroxylation is 1. The van der Waals surface area contributed by atoms with Gasteiger partial charge >= 0.3 is 5.51 Å². The topological polar surface area (TPSA) is 74.2 Å². The third-order valence-corrected chi connectivity index (χ3v) is 5.56. The summed E-state index contributed by atoms with van der Waals surface area (Å²) in [5.74, 6) is -0.317. The number of aromatic hydroxyl groups is 1. The van der Waals surface area contributed by atoms with E-state index < -0.39 is 11.4 Å². The minimum atomic E-state index is -4.37. The van der Waals surface area contributed by atoms with E-state index in [0.717, 1.165) is 16.9 Å². The maximum absolute atomic E-state index is 12.5. The Morgan fingerprint density at radius 1 is 1.21 bits per heavy atom. The lowest BCUT2D eigenvalue weighted by molar-refractivity contribution is -0.0328. The second kappa shape index (κ2) is 8.34. The van der Waals surface area contributed by atoms with Crippen LogP contribution in [0.5, 0.6) is 5.75 Å². The van der Waals surface area contributed by atoms with E-state index in [4.69, 9.17) is 0 Å². The van der Waals surface area contributed by atoms with Gasteiger partial charge in [0, 0.05) is 16.1 Å². The van der Waals surface area contributed by atoms with Crippen LogP contribution in [0.25, 0.3) is 0 Å². The average molecular weight is 439 g/mol. The second-order valence-corrected chi connectivity index (χ2v) is 8.26. The van der Waals surface area contributed by atoms with Crippen LogP contribution in [0.15, 0.2) is 47.5 Å². The van der Waals surface area contributed by atoms with Gasteiger partial charge in [0.25, 0.3) is 5.91 Å². The number of amides is 1. The number of aromatic nitrogens is 1. The Balaban J connectivity index is 1.72. The van der Waals surface area contributed by atoms with Crippen LogP contribution in [0.4, 0.5) is 29.7 Å². The molecule has 1 aromatic heterocycles. The maximum Gasteiger partial charge on any atom is 0.446 e. The van der Waals surface area contributed by atoms with Crippen molar-refractivity contribution < 1.29 is 23.1 Å². The maximum atomic E-state index is 12.5. The van der Waals surface area contributed by atoms with Gasteiger partial charge in [-0.2, -0.15) is 13.2 Å². The number of thiazole rings is 1. The first-order valence-electron chi connectivity index (χ1n) is 8.31. The Morgan fingerprint density at radius 2 is 1.97 bits per heavy atom. The quantitative estimate of drug-likeness (QED) is 0.421. The Bertz CT molecular complexity index is 1050. The van der Waals surface area contributed by atoms with Crippen LogP contribution < -0.4 is 10.6 Å². The molecular weight excluding hydrogens is 423 g/mol. The first-order chi connectivity index (χ1) is 13.6. The summed E-state index contributed by atoms with van der Waals surface area (Å²) in [4.78, 5) is 17.0. The molecular formula is C19H16F3N3O2S2. The molecule has 152 valence electrons.